The van der Waals surface area contributed by atoms with E-state index in [1.54, 1.807) is 24.3 Å². The van der Waals surface area contributed by atoms with Gasteiger partial charge in [0.05, 0.1) is 24.6 Å². The number of sulfonamides is 1. The van der Waals surface area contributed by atoms with E-state index in [2.05, 4.69) is 38.2 Å². The highest BCUT2D eigenvalue weighted by Gasteiger charge is 2.22. The van der Waals surface area contributed by atoms with Crippen LogP contribution in [0.4, 0.5) is 5.69 Å². The molecule has 6 nitrogen and oxygen atoms in total. The smallest absolute Gasteiger partial charge is 0.241 e. The zero-order valence-corrected chi connectivity index (χ0v) is 20.1. The van der Waals surface area contributed by atoms with E-state index in [4.69, 9.17) is 4.74 Å². The topological polar surface area (TPSA) is 75.7 Å². The summed E-state index contributed by atoms with van der Waals surface area (Å²) in [6.07, 6.45) is 1.98. The summed E-state index contributed by atoms with van der Waals surface area (Å²) in [6.45, 7) is 10.6. The number of ether oxygens (including phenoxy) is 1. The Morgan fingerprint density at radius 1 is 1.06 bits per heavy atom. The molecule has 31 heavy (non-hydrogen) atoms. The molecule has 1 N–H and O–H groups in total. The Labute approximate surface area is 186 Å². The van der Waals surface area contributed by atoms with Crippen molar-refractivity contribution >= 4 is 21.6 Å². The van der Waals surface area contributed by atoms with E-state index in [0.717, 1.165) is 22.5 Å². The van der Waals surface area contributed by atoms with Crippen molar-refractivity contribution in [3.8, 4) is 5.75 Å². The molecule has 0 spiro atoms. The van der Waals surface area contributed by atoms with E-state index in [-0.39, 0.29) is 23.9 Å². The van der Waals surface area contributed by atoms with Crippen LogP contribution in [-0.4, -0.2) is 33.7 Å². The van der Waals surface area contributed by atoms with Crippen LogP contribution in [0, 0.1) is 0 Å². The number of rotatable bonds is 9. The quantitative estimate of drug-likeness (QED) is 0.619. The highest BCUT2D eigenvalue weighted by atomic mass is 32.2. The standard InChI is InChI=1S/C24H34N2O4S/c1-7-16-30-22-14-12-21(13-15-22)26(31(6,28)29)17-23(27)25-18(2)19-8-10-20(11-9-19)24(3,4)5/h8-15,18H,7,16-17H2,1-6H3,(H,25,27)/t18-/m1/s1. The molecule has 2 aromatic carbocycles. The molecule has 1 amide bonds. The average Bonchev–Trinajstić information content (AvgIpc) is 2.69. The third-order valence-corrected chi connectivity index (χ3v) is 6.08. The van der Waals surface area contributed by atoms with Gasteiger partial charge in [0, 0.05) is 0 Å². The molecule has 170 valence electrons. The lowest BCUT2D eigenvalue weighted by molar-refractivity contribution is -0.120. The average molecular weight is 447 g/mol. The maximum Gasteiger partial charge on any atom is 0.241 e. The van der Waals surface area contributed by atoms with Gasteiger partial charge in [0.15, 0.2) is 0 Å². The Kier molecular flexibility index (Phi) is 8.12. The van der Waals surface area contributed by atoms with Crippen LogP contribution in [0.15, 0.2) is 48.5 Å². The number of nitrogens with zero attached hydrogens (tertiary/aromatic N) is 1. The zero-order valence-electron chi connectivity index (χ0n) is 19.3. The number of anilines is 1. The molecule has 0 heterocycles. The fourth-order valence-corrected chi connectivity index (χ4v) is 3.96. The predicted molar refractivity (Wildman–Crippen MR) is 126 cm³/mol. The van der Waals surface area contributed by atoms with Gasteiger partial charge in [-0.2, -0.15) is 0 Å². The fourth-order valence-electron chi connectivity index (χ4n) is 3.10. The minimum Gasteiger partial charge on any atom is -0.494 e. The second kappa shape index (κ2) is 10.2. The van der Waals surface area contributed by atoms with Gasteiger partial charge in [0.25, 0.3) is 0 Å². The molecule has 2 rings (SSSR count). The minimum absolute atomic E-state index is 0.0537. The number of amides is 1. The summed E-state index contributed by atoms with van der Waals surface area (Å²) in [5.41, 5.74) is 2.65. The maximum absolute atomic E-state index is 12.6. The number of benzene rings is 2. The van der Waals surface area contributed by atoms with Crippen LogP contribution in [0.5, 0.6) is 5.75 Å². The first-order valence-corrected chi connectivity index (χ1v) is 12.4. The number of carbonyl (C=O) groups excluding carboxylic acids is 1. The van der Waals surface area contributed by atoms with Gasteiger partial charge < -0.3 is 10.1 Å². The summed E-state index contributed by atoms with van der Waals surface area (Å²) < 4.78 is 31.3. The van der Waals surface area contributed by atoms with Crippen molar-refractivity contribution in [1.29, 1.82) is 0 Å². The number of hydrogen-bond donors (Lipinski definition) is 1. The maximum atomic E-state index is 12.6. The molecule has 0 aliphatic heterocycles. The summed E-state index contributed by atoms with van der Waals surface area (Å²) in [5, 5.41) is 2.90. The second-order valence-electron chi connectivity index (χ2n) is 8.77. The third-order valence-electron chi connectivity index (χ3n) is 4.94. The molecule has 2 aromatic rings. The van der Waals surface area contributed by atoms with Crippen LogP contribution >= 0.6 is 0 Å². The van der Waals surface area contributed by atoms with Crippen molar-refractivity contribution in [2.45, 2.75) is 52.5 Å². The Bertz CT molecular complexity index is 962. The molecule has 0 aliphatic carbocycles. The molecule has 0 radical (unpaired) electrons. The first-order valence-electron chi connectivity index (χ1n) is 10.5. The van der Waals surface area contributed by atoms with Crippen LogP contribution in [0.25, 0.3) is 0 Å². The molecule has 0 aromatic heterocycles. The van der Waals surface area contributed by atoms with E-state index in [1.165, 1.54) is 5.56 Å². The van der Waals surface area contributed by atoms with Gasteiger partial charge in [-0.1, -0.05) is 52.0 Å². The summed E-state index contributed by atoms with van der Waals surface area (Å²) >= 11 is 0. The summed E-state index contributed by atoms with van der Waals surface area (Å²) in [5.74, 6) is 0.292. The largest absolute Gasteiger partial charge is 0.494 e. The monoisotopic (exact) mass is 446 g/mol. The fraction of sp³-hybridized carbons (Fsp3) is 0.458. The highest BCUT2D eigenvalue weighted by molar-refractivity contribution is 7.92. The van der Waals surface area contributed by atoms with Crippen LogP contribution in [0.3, 0.4) is 0 Å². The zero-order chi connectivity index (χ0) is 23.2. The second-order valence-corrected chi connectivity index (χ2v) is 10.7. The highest BCUT2D eigenvalue weighted by Crippen LogP contribution is 2.24. The Hall–Kier alpha value is -2.54. The van der Waals surface area contributed by atoms with Crippen LogP contribution in [0.1, 0.15) is 58.2 Å². The molecular weight excluding hydrogens is 412 g/mol. The van der Waals surface area contributed by atoms with E-state index >= 15 is 0 Å². The summed E-state index contributed by atoms with van der Waals surface area (Å²) in [4.78, 5) is 12.6. The lowest BCUT2D eigenvalue weighted by Gasteiger charge is -2.24. The van der Waals surface area contributed by atoms with E-state index in [0.29, 0.717) is 18.0 Å². The van der Waals surface area contributed by atoms with E-state index in [1.807, 2.05) is 26.0 Å². The first-order chi connectivity index (χ1) is 14.4. The van der Waals surface area contributed by atoms with Crippen LogP contribution in [0.2, 0.25) is 0 Å². The number of nitrogens with one attached hydrogen (secondary N) is 1. The van der Waals surface area contributed by atoms with Gasteiger partial charge in [0.1, 0.15) is 12.3 Å². The van der Waals surface area contributed by atoms with Gasteiger partial charge in [0.2, 0.25) is 15.9 Å². The number of hydrogen-bond acceptors (Lipinski definition) is 4. The van der Waals surface area contributed by atoms with Gasteiger partial charge >= 0.3 is 0 Å². The molecule has 0 aliphatic rings. The molecule has 0 bridgehead atoms. The Morgan fingerprint density at radius 3 is 2.13 bits per heavy atom. The van der Waals surface area contributed by atoms with Crippen molar-refractivity contribution < 1.29 is 17.9 Å². The molecule has 0 unspecified atom stereocenters. The van der Waals surface area contributed by atoms with E-state index in [9.17, 15) is 13.2 Å². The Balaban J connectivity index is 2.09. The first kappa shape index (κ1) is 24.7. The van der Waals surface area contributed by atoms with Gasteiger partial charge in [-0.05, 0) is 54.2 Å². The molecule has 0 saturated carbocycles. The molecule has 1 atom stereocenters. The van der Waals surface area contributed by atoms with Gasteiger partial charge in [-0.25, -0.2) is 8.42 Å². The lowest BCUT2D eigenvalue weighted by atomic mass is 9.86. The van der Waals surface area contributed by atoms with Crippen molar-refractivity contribution in [3.63, 3.8) is 0 Å². The van der Waals surface area contributed by atoms with Crippen molar-refractivity contribution in [3.05, 3.63) is 59.7 Å². The van der Waals surface area contributed by atoms with Gasteiger partial charge in [-0.3, -0.25) is 9.10 Å². The normalized spacial score (nSPS) is 12.8. The molecule has 0 saturated heterocycles. The summed E-state index contributed by atoms with van der Waals surface area (Å²) in [7, 11) is -3.63. The Morgan fingerprint density at radius 2 is 1.65 bits per heavy atom. The van der Waals surface area contributed by atoms with Crippen molar-refractivity contribution in [1.82, 2.24) is 5.32 Å². The molecule has 0 fully saturated rings. The van der Waals surface area contributed by atoms with Crippen LogP contribution in [-0.2, 0) is 20.2 Å². The number of carbonyl (C=O) groups is 1. The molecular formula is C24H34N2O4S. The minimum atomic E-state index is -3.63. The van der Waals surface area contributed by atoms with Gasteiger partial charge in [-0.15, -0.1) is 0 Å². The summed E-state index contributed by atoms with van der Waals surface area (Å²) in [6, 6.07) is 14.6. The van der Waals surface area contributed by atoms with Crippen LogP contribution < -0.4 is 14.4 Å². The van der Waals surface area contributed by atoms with E-state index < -0.39 is 10.0 Å². The van der Waals surface area contributed by atoms with Crippen molar-refractivity contribution in [2.24, 2.45) is 0 Å². The SMILES string of the molecule is CCCOc1ccc(N(CC(=O)N[C@H](C)c2ccc(C(C)(C)C)cc2)S(C)(=O)=O)cc1. The lowest BCUT2D eigenvalue weighted by Crippen LogP contribution is -2.41. The van der Waals surface area contributed by atoms with Crippen molar-refractivity contribution in [2.75, 3.05) is 23.7 Å². The molecule has 7 heteroatoms. The predicted octanol–water partition coefficient (Wildman–Crippen LogP) is 4.42. The third kappa shape index (κ3) is 7.28.